The Balaban J connectivity index is 2.08. The van der Waals surface area contributed by atoms with Gasteiger partial charge in [0.2, 0.25) is 5.95 Å². The highest BCUT2D eigenvalue weighted by atomic mass is 32.1. The molecule has 3 rings (SSSR count). The number of alkyl halides is 3. The van der Waals surface area contributed by atoms with E-state index >= 15 is 0 Å². The first-order valence-electron chi connectivity index (χ1n) is 5.80. The molecule has 0 saturated heterocycles. The average molecular weight is 297 g/mol. The highest BCUT2D eigenvalue weighted by Crippen LogP contribution is 2.32. The van der Waals surface area contributed by atoms with Crippen LogP contribution in [0.25, 0.3) is 11.0 Å². The molecule has 0 bridgehead atoms. The summed E-state index contributed by atoms with van der Waals surface area (Å²) in [6.07, 6.45) is -4.37. The molecule has 2 N–H and O–H groups in total. The van der Waals surface area contributed by atoms with E-state index in [-0.39, 0.29) is 11.5 Å². The highest BCUT2D eigenvalue weighted by molar-refractivity contribution is 7.09. The maximum atomic E-state index is 12.7. The molecule has 3 aromatic rings. The molecular formula is C13H10F3N3S. The number of nitrogens with two attached hydrogens (primary N) is 1. The lowest BCUT2D eigenvalue weighted by molar-refractivity contribution is -0.137. The number of hydrogen-bond donors (Lipinski definition) is 1. The number of rotatable bonds is 2. The predicted molar refractivity (Wildman–Crippen MR) is 72.6 cm³/mol. The molecule has 0 spiro atoms. The van der Waals surface area contributed by atoms with Crippen molar-refractivity contribution in [1.82, 2.24) is 9.55 Å². The van der Waals surface area contributed by atoms with E-state index in [2.05, 4.69) is 4.98 Å². The standard InChI is InChI=1S/C13H10F3N3S/c14-13(15,16)8-3-4-11-10(6-8)18-12(17)19(11)7-9-2-1-5-20-9/h1-6H,7H2,(H2,17,18). The van der Waals surface area contributed by atoms with Gasteiger partial charge in [0.1, 0.15) is 0 Å². The molecule has 0 amide bonds. The third-order valence-corrected chi connectivity index (χ3v) is 3.86. The molecule has 7 heteroatoms. The Morgan fingerprint density at radius 2 is 2.05 bits per heavy atom. The summed E-state index contributed by atoms with van der Waals surface area (Å²) in [5, 5.41) is 1.94. The van der Waals surface area contributed by atoms with Crippen molar-refractivity contribution < 1.29 is 13.2 Å². The van der Waals surface area contributed by atoms with Crippen molar-refractivity contribution in [3.8, 4) is 0 Å². The minimum Gasteiger partial charge on any atom is -0.369 e. The Labute approximate surface area is 116 Å². The fourth-order valence-corrected chi connectivity index (χ4v) is 2.74. The van der Waals surface area contributed by atoms with Crippen molar-refractivity contribution in [2.45, 2.75) is 12.7 Å². The number of thiophene rings is 1. The molecule has 20 heavy (non-hydrogen) atoms. The Bertz CT molecular complexity index is 744. The maximum absolute atomic E-state index is 12.7. The largest absolute Gasteiger partial charge is 0.416 e. The summed E-state index contributed by atoms with van der Waals surface area (Å²) in [7, 11) is 0. The zero-order valence-electron chi connectivity index (χ0n) is 10.2. The Morgan fingerprint density at radius 1 is 1.25 bits per heavy atom. The summed E-state index contributed by atoms with van der Waals surface area (Å²) in [5.74, 6) is 0.215. The van der Waals surface area contributed by atoms with E-state index in [1.165, 1.54) is 6.07 Å². The quantitative estimate of drug-likeness (QED) is 0.783. The van der Waals surface area contributed by atoms with Gasteiger partial charge >= 0.3 is 6.18 Å². The SMILES string of the molecule is Nc1nc2cc(C(F)(F)F)ccc2n1Cc1cccs1. The van der Waals surface area contributed by atoms with E-state index in [0.717, 1.165) is 17.0 Å². The number of aromatic nitrogens is 2. The number of nitrogens with zero attached hydrogens (tertiary/aromatic N) is 2. The topological polar surface area (TPSA) is 43.8 Å². The van der Waals surface area contributed by atoms with Crippen LogP contribution in [0.1, 0.15) is 10.4 Å². The van der Waals surface area contributed by atoms with Gasteiger partial charge in [-0.2, -0.15) is 13.2 Å². The Kier molecular flexibility index (Phi) is 2.93. The van der Waals surface area contributed by atoms with Crippen LogP contribution in [0.4, 0.5) is 19.1 Å². The van der Waals surface area contributed by atoms with E-state index in [1.54, 1.807) is 15.9 Å². The first-order chi connectivity index (χ1) is 9.45. The molecule has 0 fully saturated rings. The Morgan fingerprint density at radius 3 is 2.70 bits per heavy atom. The minimum atomic E-state index is -4.37. The molecule has 0 radical (unpaired) electrons. The highest BCUT2D eigenvalue weighted by Gasteiger charge is 2.31. The number of nitrogen functional groups attached to an aromatic ring is 1. The molecule has 0 atom stereocenters. The van der Waals surface area contributed by atoms with Gasteiger partial charge in [-0.1, -0.05) is 6.07 Å². The molecule has 0 aliphatic heterocycles. The van der Waals surface area contributed by atoms with Crippen LogP contribution in [0, 0.1) is 0 Å². The van der Waals surface area contributed by atoms with Crippen LogP contribution in [0.2, 0.25) is 0 Å². The molecule has 104 valence electrons. The van der Waals surface area contributed by atoms with Crippen LogP contribution in [-0.4, -0.2) is 9.55 Å². The van der Waals surface area contributed by atoms with Gasteiger partial charge in [0.25, 0.3) is 0 Å². The molecule has 3 nitrogen and oxygen atoms in total. The number of hydrogen-bond acceptors (Lipinski definition) is 3. The minimum absolute atomic E-state index is 0.215. The first-order valence-corrected chi connectivity index (χ1v) is 6.68. The fraction of sp³-hybridized carbons (Fsp3) is 0.154. The zero-order chi connectivity index (χ0) is 14.3. The van der Waals surface area contributed by atoms with E-state index in [0.29, 0.717) is 12.1 Å². The maximum Gasteiger partial charge on any atom is 0.416 e. The Hall–Kier alpha value is -2.02. The first kappa shape index (κ1) is 13.0. The van der Waals surface area contributed by atoms with Crippen LogP contribution in [0.5, 0.6) is 0 Å². The van der Waals surface area contributed by atoms with Gasteiger partial charge in [-0.15, -0.1) is 11.3 Å². The van der Waals surface area contributed by atoms with E-state index in [1.807, 2.05) is 17.5 Å². The predicted octanol–water partition coefficient (Wildman–Crippen LogP) is 3.75. The second-order valence-corrected chi connectivity index (χ2v) is 5.37. The second kappa shape index (κ2) is 4.52. The van der Waals surface area contributed by atoms with Gasteiger partial charge in [0.05, 0.1) is 23.1 Å². The van der Waals surface area contributed by atoms with Crippen LogP contribution in [-0.2, 0) is 12.7 Å². The smallest absolute Gasteiger partial charge is 0.369 e. The molecule has 2 aromatic heterocycles. The summed E-state index contributed by atoms with van der Waals surface area (Å²) in [6, 6.07) is 7.34. The van der Waals surface area contributed by atoms with E-state index < -0.39 is 11.7 Å². The van der Waals surface area contributed by atoms with Crippen molar-refractivity contribution in [2.24, 2.45) is 0 Å². The van der Waals surface area contributed by atoms with Crippen molar-refractivity contribution in [2.75, 3.05) is 5.73 Å². The monoisotopic (exact) mass is 297 g/mol. The second-order valence-electron chi connectivity index (χ2n) is 4.34. The molecule has 0 saturated carbocycles. The van der Waals surface area contributed by atoms with Gasteiger partial charge in [-0.25, -0.2) is 4.98 Å². The third kappa shape index (κ3) is 2.24. The molecular weight excluding hydrogens is 287 g/mol. The van der Waals surface area contributed by atoms with Gasteiger partial charge < -0.3 is 10.3 Å². The van der Waals surface area contributed by atoms with Crippen LogP contribution in [0.15, 0.2) is 35.7 Å². The molecule has 0 aliphatic rings. The van der Waals surface area contributed by atoms with E-state index in [4.69, 9.17) is 5.73 Å². The number of fused-ring (bicyclic) bond motifs is 1. The van der Waals surface area contributed by atoms with Crippen molar-refractivity contribution in [1.29, 1.82) is 0 Å². The van der Waals surface area contributed by atoms with Gasteiger partial charge in [0, 0.05) is 4.88 Å². The summed E-state index contributed by atoms with van der Waals surface area (Å²) >= 11 is 1.56. The van der Waals surface area contributed by atoms with Gasteiger partial charge in [0.15, 0.2) is 0 Å². The number of benzene rings is 1. The van der Waals surface area contributed by atoms with Crippen molar-refractivity contribution in [3.05, 3.63) is 46.2 Å². The molecule has 0 unspecified atom stereocenters. The van der Waals surface area contributed by atoms with E-state index in [9.17, 15) is 13.2 Å². The fourth-order valence-electron chi connectivity index (χ4n) is 2.05. The van der Waals surface area contributed by atoms with Gasteiger partial charge in [-0.05, 0) is 29.6 Å². The van der Waals surface area contributed by atoms with Crippen LogP contribution >= 0.6 is 11.3 Å². The van der Waals surface area contributed by atoms with Crippen molar-refractivity contribution in [3.63, 3.8) is 0 Å². The van der Waals surface area contributed by atoms with Crippen LogP contribution < -0.4 is 5.73 Å². The number of anilines is 1. The van der Waals surface area contributed by atoms with Gasteiger partial charge in [-0.3, -0.25) is 0 Å². The third-order valence-electron chi connectivity index (χ3n) is 3.00. The summed E-state index contributed by atoms with van der Waals surface area (Å²) in [5.41, 5.74) is 5.95. The average Bonchev–Trinajstić information content (AvgIpc) is 2.97. The van der Waals surface area contributed by atoms with Crippen LogP contribution in [0.3, 0.4) is 0 Å². The molecule has 2 heterocycles. The normalized spacial score (nSPS) is 12.2. The molecule has 0 aliphatic carbocycles. The lowest BCUT2D eigenvalue weighted by Crippen LogP contribution is -2.05. The number of imidazole rings is 1. The lowest BCUT2D eigenvalue weighted by atomic mass is 10.2. The zero-order valence-corrected chi connectivity index (χ0v) is 11.0. The lowest BCUT2D eigenvalue weighted by Gasteiger charge is -2.07. The number of halogens is 3. The van der Waals surface area contributed by atoms with Crippen molar-refractivity contribution >= 4 is 28.3 Å². The summed E-state index contributed by atoms with van der Waals surface area (Å²) in [6.45, 7) is 0.505. The summed E-state index contributed by atoms with van der Waals surface area (Å²) in [4.78, 5) is 5.08. The summed E-state index contributed by atoms with van der Waals surface area (Å²) < 4.78 is 39.7. The molecule has 1 aromatic carbocycles.